The van der Waals surface area contributed by atoms with E-state index in [1.165, 1.54) is 23.1 Å². The zero-order valence-corrected chi connectivity index (χ0v) is 15.0. The molecule has 6 nitrogen and oxygen atoms in total. The molecular formula is C16H21ClF3N3O3. The first-order chi connectivity index (χ1) is 11.8. The summed E-state index contributed by atoms with van der Waals surface area (Å²) in [5, 5.41) is 5.60. The van der Waals surface area contributed by atoms with Gasteiger partial charge in [-0.15, -0.1) is 25.6 Å². The second-order valence-corrected chi connectivity index (χ2v) is 5.65. The molecule has 1 unspecified atom stereocenters. The molecule has 146 valence electrons. The number of nitrogens with zero attached hydrogens (tertiary/aromatic N) is 1. The lowest BCUT2D eigenvalue weighted by molar-refractivity contribution is -0.274. The minimum absolute atomic E-state index is 0. The highest BCUT2D eigenvalue weighted by molar-refractivity contribution is 6.01. The summed E-state index contributed by atoms with van der Waals surface area (Å²) in [6.07, 6.45) is -3.43. The number of hydrogen-bond donors (Lipinski definition) is 2. The van der Waals surface area contributed by atoms with Crippen LogP contribution in [0.1, 0.15) is 19.3 Å². The molecule has 1 fully saturated rings. The number of carbonyl (C=O) groups is 2. The van der Waals surface area contributed by atoms with Crippen molar-refractivity contribution in [2.75, 3.05) is 25.0 Å². The fourth-order valence-corrected chi connectivity index (χ4v) is 2.61. The highest BCUT2D eigenvalue weighted by atomic mass is 35.5. The van der Waals surface area contributed by atoms with Crippen LogP contribution in [0.5, 0.6) is 5.75 Å². The summed E-state index contributed by atoms with van der Waals surface area (Å²) in [6.45, 7) is 1.01. The van der Waals surface area contributed by atoms with Crippen molar-refractivity contribution in [3.8, 4) is 5.75 Å². The molecule has 26 heavy (non-hydrogen) atoms. The Kier molecular flexibility index (Phi) is 8.16. The third-order valence-corrected chi connectivity index (χ3v) is 3.73. The Balaban J connectivity index is 0.00000338. The maximum absolute atomic E-state index is 12.4. The second kappa shape index (κ2) is 9.63. The number of alkyl halides is 3. The Hall–Kier alpha value is -2.00. The van der Waals surface area contributed by atoms with Gasteiger partial charge in [-0.3, -0.25) is 9.59 Å². The summed E-state index contributed by atoms with van der Waals surface area (Å²) in [5.74, 6) is -0.951. The van der Waals surface area contributed by atoms with Crippen LogP contribution in [-0.4, -0.2) is 44.4 Å². The van der Waals surface area contributed by atoms with E-state index in [4.69, 9.17) is 0 Å². The van der Waals surface area contributed by atoms with Gasteiger partial charge in [-0.25, -0.2) is 0 Å². The van der Waals surface area contributed by atoms with Crippen molar-refractivity contribution >= 4 is 29.9 Å². The Morgan fingerprint density at radius 3 is 2.77 bits per heavy atom. The van der Waals surface area contributed by atoms with Crippen molar-refractivity contribution in [3.63, 3.8) is 0 Å². The van der Waals surface area contributed by atoms with E-state index in [1.54, 1.807) is 7.05 Å². The van der Waals surface area contributed by atoms with E-state index in [2.05, 4.69) is 15.4 Å². The van der Waals surface area contributed by atoms with Gasteiger partial charge in [0.15, 0.2) is 0 Å². The van der Waals surface area contributed by atoms with Gasteiger partial charge in [-0.05, 0) is 38.6 Å². The number of carbonyl (C=O) groups excluding carboxylic acids is 2. The number of rotatable bonds is 7. The highest BCUT2D eigenvalue weighted by Crippen LogP contribution is 2.29. The zero-order valence-electron chi connectivity index (χ0n) is 14.1. The van der Waals surface area contributed by atoms with Crippen LogP contribution in [0.4, 0.5) is 18.9 Å². The van der Waals surface area contributed by atoms with E-state index in [1.807, 2.05) is 0 Å². The Morgan fingerprint density at radius 2 is 2.12 bits per heavy atom. The van der Waals surface area contributed by atoms with Crippen LogP contribution in [-0.2, 0) is 9.59 Å². The number of benzene rings is 1. The van der Waals surface area contributed by atoms with Crippen molar-refractivity contribution in [2.24, 2.45) is 0 Å². The predicted octanol–water partition coefficient (Wildman–Crippen LogP) is 2.23. The van der Waals surface area contributed by atoms with Crippen molar-refractivity contribution in [3.05, 3.63) is 24.3 Å². The van der Waals surface area contributed by atoms with Crippen LogP contribution >= 0.6 is 12.4 Å². The zero-order chi connectivity index (χ0) is 18.4. The topological polar surface area (TPSA) is 70.7 Å². The van der Waals surface area contributed by atoms with Crippen LogP contribution in [0.25, 0.3) is 0 Å². The molecule has 0 radical (unpaired) electrons. The molecule has 1 heterocycles. The van der Waals surface area contributed by atoms with Gasteiger partial charge in [-0.2, -0.15) is 0 Å². The summed E-state index contributed by atoms with van der Waals surface area (Å²) in [5.41, 5.74) is 0.304. The number of ether oxygens (including phenoxy) is 1. The van der Waals surface area contributed by atoms with Crippen LogP contribution in [0, 0.1) is 0 Å². The number of nitrogens with one attached hydrogen (secondary N) is 2. The van der Waals surface area contributed by atoms with Crippen LogP contribution in [0.3, 0.4) is 0 Å². The minimum atomic E-state index is -4.79. The quantitative estimate of drug-likeness (QED) is 0.695. The van der Waals surface area contributed by atoms with Gasteiger partial charge in [0.2, 0.25) is 11.8 Å². The fourth-order valence-electron chi connectivity index (χ4n) is 2.61. The van der Waals surface area contributed by atoms with Crippen molar-refractivity contribution < 1.29 is 27.5 Å². The molecule has 0 aromatic heterocycles. The molecule has 1 atom stereocenters. The molecule has 1 aliphatic heterocycles. The van der Waals surface area contributed by atoms with E-state index in [0.29, 0.717) is 38.0 Å². The fraction of sp³-hybridized carbons (Fsp3) is 0.500. The summed E-state index contributed by atoms with van der Waals surface area (Å²) in [7, 11) is 1.78. The molecule has 1 aliphatic rings. The van der Waals surface area contributed by atoms with Gasteiger partial charge >= 0.3 is 6.36 Å². The monoisotopic (exact) mass is 395 g/mol. The van der Waals surface area contributed by atoms with Crippen LogP contribution in [0.2, 0.25) is 0 Å². The molecule has 0 spiro atoms. The number of hydrogen-bond acceptors (Lipinski definition) is 4. The Labute approximate surface area is 155 Å². The van der Waals surface area contributed by atoms with Crippen LogP contribution < -0.4 is 20.3 Å². The maximum atomic E-state index is 12.4. The maximum Gasteiger partial charge on any atom is 0.573 e. The third-order valence-electron chi connectivity index (χ3n) is 3.73. The molecule has 2 rings (SSSR count). The first kappa shape index (κ1) is 22.0. The molecule has 0 saturated carbocycles. The van der Waals surface area contributed by atoms with E-state index < -0.39 is 18.2 Å². The average Bonchev–Trinajstić information content (AvgIpc) is 2.87. The van der Waals surface area contributed by atoms with Gasteiger partial charge in [0.1, 0.15) is 11.8 Å². The first-order valence-electron chi connectivity index (χ1n) is 7.91. The molecule has 2 N–H and O–H groups in total. The van der Waals surface area contributed by atoms with Crippen LogP contribution in [0.15, 0.2) is 24.3 Å². The molecule has 1 aromatic carbocycles. The van der Waals surface area contributed by atoms with Crippen molar-refractivity contribution in [1.82, 2.24) is 10.6 Å². The van der Waals surface area contributed by atoms with Crippen molar-refractivity contribution in [2.45, 2.75) is 31.7 Å². The Bertz CT molecular complexity index is 628. The molecule has 1 aromatic rings. The lowest BCUT2D eigenvalue weighted by atomic mass is 10.2. The van der Waals surface area contributed by atoms with E-state index in [-0.39, 0.29) is 24.2 Å². The van der Waals surface area contributed by atoms with E-state index in [0.717, 1.165) is 6.07 Å². The minimum Gasteiger partial charge on any atom is -0.406 e. The summed E-state index contributed by atoms with van der Waals surface area (Å²) in [6, 6.07) is 4.57. The number of halogens is 4. The van der Waals surface area contributed by atoms with Crippen molar-refractivity contribution in [1.29, 1.82) is 0 Å². The molecule has 1 saturated heterocycles. The number of anilines is 1. The molecule has 2 amide bonds. The van der Waals surface area contributed by atoms with Gasteiger partial charge < -0.3 is 20.3 Å². The summed E-state index contributed by atoms with van der Waals surface area (Å²) in [4.78, 5) is 25.6. The van der Waals surface area contributed by atoms with Gasteiger partial charge in [-0.1, -0.05) is 6.07 Å². The predicted molar refractivity (Wildman–Crippen MR) is 92.4 cm³/mol. The van der Waals surface area contributed by atoms with Gasteiger partial charge in [0.05, 0.1) is 0 Å². The third kappa shape index (κ3) is 6.38. The first-order valence-corrected chi connectivity index (χ1v) is 7.91. The Morgan fingerprint density at radius 1 is 1.38 bits per heavy atom. The molecule has 10 heteroatoms. The van der Waals surface area contributed by atoms with Gasteiger partial charge in [0, 0.05) is 24.7 Å². The standard InChI is InChI=1S/C16H20F3N3O3.ClH/c1-20-8-3-6-14(23)21-13-7-9-22(15(13)24)11-4-2-5-12(10-11)25-16(17,18)19;/h2,4-5,10,13,20H,3,6-9H2,1H3,(H,21,23);1H. The molecule has 0 bridgehead atoms. The second-order valence-electron chi connectivity index (χ2n) is 5.65. The summed E-state index contributed by atoms with van der Waals surface area (Å²) < 4.78 is 40.8. The summed E-state index contributed by atoms with van der Waals surface area (Å²) >= 11 is 0. The molecule has 0 aliphatic carbocycles. The largest absolute Gasteiger partial charge is 0.573 e. The normalized spacial score (nSPS) is 17.0. The smallest absolute Gasteiger partial charge is 0.406 e. The van der Waals surface area contributed by atoms with E-state index in [9.17, 15) is 22.8 Å². The van der Waals surface area contributed by atoms with E-state index >= 15 is 0 Å². The SMILES string of the molecule is CNCCCC(=O)NC1CCN(c2cccc(OC(F)(F)F)c2)C1=O.Cl. The molecular weight excluding hydrogens is 375 g/mol. The number of amides is 2. The van der Waals surface area contributed by atoms with Gasteiger partial charge in [0.25, 0.3) is 0 Å². The highest BCUT2D eigenvalue weighted by Gasteiger charge is 2.34. The lowest BCUT2D eigenvalue weighted by Crippen LogP contribution is -2.41. The average molecular weight is 396 g/mol. The lowest BCUT2D eigenvalue weighted by Gasteiger charge is -2.18.